The molecule has 1 unspecified atom stereocenters. The number of hydrogen-bond donors (Lipinski definition) is 1. The van der Waals surface area contributed by atoms with Crippen LogP contribution in [0.3, 0.4) is 0 Å². The molecule has 2 heterocycles. The average Bonchev–Trinajstić information content (AvgIpc) is 3.74. The minimum Gasteiger partial charge on any atom is -0.463 e. The molecule has 0 bridgehead atoms. The molecule has 0 spiro atoms. The van der Waals surface area contributed by atoms with E-state index in [9.17, 15) is 29.8 Å². The molecule has 2 aromatic heterocycles. The highest BCUT2D eigenvalue weighted by molar-refractivity contribution is 6.32. The van der Waals surface area contributed by atoms with Gasteiger partial charge in [0.1, 0.15) is 18.5 Å². The SMILES string of the molecule is CCCCc1nc(Cl)c(C(=O)OC(C)C(=O)OCCCC[C@H](CO[N+](=O)[O-])O[N+](=O)[O-])n1Cc1ccc(-c2ccccc2-c2nnn[nH]2)cc1. The van der Waals surface area contributed by atoms with Gasteiger partial charge in [0.2, 0.25) is 0 Å². The van der Waals surface area contributed by atoms with E-state index < -0.39 is 40.9 Å². The standard InChI is InChI=1S/C31H35ClN8O10/c1-3-4-12-26-33-28(32)27(31(42)49-20(2)30(41)47-17-8-7-9-23(50-40(45)46)19-48-39(43)44)38(26)18-21-13-15-22(16-14-21)24-10-5-6-11-25(24)29-34-36-37-35-29/h5-6,10-11,13-16,20,23H,3-4,7-9,12,17-19H2,1-2H3,(H,34,35,36,37)/t20?,23-/m1/s1. The Morgan fingerprint density at radius 2 is 1.76 bits per heavy atom. The molecule has 266 valence electrons. The van der Waals surface area contributed by atoms with Crippen LogP contribution in [0, 0.1) is 20.2 Å². The molecule has 0 amide bonds. The lowest BCUT2D eigenvalue weighted by Crippen LogP contribution is -2.28. The quantitative estimate of drug-likeness (QED) is 0.0560. The van der Waals surface area contributed by atoms with Crippen LogP contribution in [0.1, 0.15) is 67.8 Å². The first-order valence-electron chi connectivity index (χ1n) is 15.7. The maximum Gasteiger partial charge on any atom is 0.359 e. The fourth-order valence-electron chi connectivity index (χ4n) is 5.01. The van der Waals surface area contributed by atoms with Crippen molar-refractivity contribution in [1.82, 2.24) is 30.2 Å². The topological polar surface area (TPSA) is 230 Å². The second kappa shape index (κ2) is 18.2. The first-order valence-corrected chi connectivity index (χ1v) is 16.1. The Hall–Kier alpha value is -5.65. The number of imidazole rings is 1. The van der Waals surface area contributed by atoms with Crippen molar-refractivity contribution in [2.75, 3.05) is 13.2 Å². The van der Waals surface area contributed by atoms with Gasteiger partial charge < -0.3 is 23.7 Å². The van der Waals surface area contributed by atoms with Crippen molar-refractivity contribution >= 4 is 23.5 Å². The van der Waals surface area contributed by atoms with Crippen LogP contribution < -0.4 is 0 Å². The molecule has 18 nitrogen and oxygen atoms in total. The van der Waals surface area contributed by atoms with Crippen molar-refractivity contribution in [3.8, 4) is 22.5 Å². The molecule has 0 saturated heterocycles. The molecule has 0 fully saturated rings. The summed E-state index contributed by atoms with van der Waals surface area (Å²) in [6, 6.07) is 15.5. The summed E-state index contributed by atoms with van der Waals surface area (Å²) in [6.07, 6.45) is 0.349. The minimum absolute atomic E-state index is 0.00145. The molecule has 0 aliphatic rings. The molecule has 0 aliphatic heterocycles. The van der Waals surface area contributed by atoms with E-state index in [1.807, 2.05) is 55.5 Å². The molecule has 0 radical (unpaired) electrons. The summed E-state index contributed by atoms with van der Waals surface area (Å²) in [5.74, 6) is -0.546. The Balaban J connectivity index is 1.39. The highest BCUT2D eigenvalue weighted by atomic mass is 35.5. The fourth-order valence-corrected chi connectivity index (χ4v) is 5.28. The number of aromatic amines is 1. The molecule has 19 heteroatoms. The summed E-state index contributed by atoms with van der Waals surface area (Å²) in [5.41, 5.74) is 3.54. The van der Waals surface area contributed by atoms with Crippen LogP contribution in [0.2, 0.25) is 5.15 Å². The first-order chi connectivity index (χ1) is 24.1. The normalized spacial score (nSPS) is 12.1. The summed E-state index contributed by atoms with van der Waals surface area (Å²) in [4.78, 5) is 60.0. The molecule has 1 N–H and O–H groups in total. The molecule has 4 aromatic rings. The van der Waals surface area contributed by atoms with E-state index in [0.29, 0.717) is 18.1 Å². The number of halogens is 1. The van der Waals surface area contributed by atoms with E-state index in [2.05, 4.69) is 35.3 Å². The van der Waals surface area contributed by atoms with Crippen LogP contribution in [0.4, 0.5) is 0 Å². The van der Waals surface area contributed by atoms with Gasteiger partial charge in [-0.25, -0.2) is 19.7 Å². The average molecular weight is 715 g/mol. The number of hydrogen-bond acceptors (Lipinski definition) is 14. The second-order valence-electron chi connectivity index (χ2n) is 11.0. The number of unbranched alkanes of at least 4 members (excludes halogenated alkanes) is 2. The van der Waals surface area contributed by atoms with E-state index in [1.54, 1.807) is 4.57 Å². The molecule has 2 atom stereocenters. The number of nitrogens with zero attached hydrogens (tertiary/aromatic N) is 7. The maximum absolute atomic E-state index is 13.4. The first kappa shape index (κ1) is 37.2. The van der Waals surface area contributed by atoms with Gasteiger partial charge in [-0.05, 0) is 59.7 Å². The number of aromatic nitrogens is 6. The van der Waals surface area contributed by atoms with Crippen LogP contribution in [-0.2, 0) is 36.9 Å². The van der Waals surface area contributed by atoms with Crippen LogP contribution in [0.15, 0.2) is 48.5 Å². The summed E-state index contributed by atoms with van der Waals surface area (Å²) >= 11 is 6.47. The zero-order valence-electron chi connectivity index (χ0n) is 27.2. The Morgan fingerprint density at radius 3 is 2.42 bits per heavy atom. The number of H-pyrrole nitrogens is 1. The molecule has 0 aliphatic carbocycles. The highest BCUT2D eigenvalue weighted by Crippen LogP contribution is 2.30. The van der Waals surface area contributed by atoms with Gasteiger partial charge in [0, 0.05) is 18.5 Å². The third-order valence-electron chi connectivity index (χ3n) is 7.47. The van der Waals surface area contributed by atoms with Gasteiger partial charge in [0.15, 0.2) is 22.8 Å². The lowest BCUT2D eigenvalue weighted by Gasteiger charge is -2.16. The van der Waals surface area contributed by atoms with Gasteiger partial charge in [0.05, 0.1) is 6.61 Å². The smallest absolute Gasteiger partial charge is 0.359 e. The van der Waals surface area contributed by atoms with Crippen molar-refractivity contribution in [2.24, 2.45) is 0 Å². The molecular weight excluding hydrogens is 680 g/mol. The number of carbonyl (C=O) groups is 2. The van der Waals surface area contributed by atoms with Crippen LogP contribution in [-0.4, -0.2) is 77.7 Å². The Morgan fingerprint density at radius 1 is 1.02 bits per heavy atom. The molecular formula is C31H35ClN8O10. The third kappa shape index (κ3) is 10.4. The second-order valence-corrected chi connectivity index (χ2v) is 11.4. The molecule has 0 saturated carbocycles. The van der Waals surface area contributed by atoms with Crippen molar-refractivity contribution in [2.45, 2.75) is 71.1 Å². The predicted octanol–water partition coefficient (Wildman–Crippen LogP) is 4.82. The van der Waals surface area contributed by atoms with E-state index >= 15 is 0 Å². The van der Waals surface area contributed by atoms with Gasteiger partial charge in [-0.15, -0.1) is 25.3 Å². The Labute approximate surface area is 290 Å². The molecule has 50 heavy (non-hydrogen) atoms. The number of ether oxygens (including phenoxy) is 2. The lowest BCUT2D eigenvalue weighted by molar-refractivity contribution is -0.790. The van der Waals surface area contributed by atoms with Gasteiger partial charge in [-0.3, -0.25) is 0 Å². The van der Waals surface area contributed by atoms with Crippen LogP contribution >= 0.6 is 11.6 Å². The highest BCUT2D eigenvalue weighted by Gasteiger charge is 2.28. The summed E-state index contributed by atoms with van der Waals surface area (Å²) < 4.78 is 12.3. The summed E-state index contributed by atoms with van der Waals surface area (Å²) in [5, 5.41) is 33.0. The van der Waals surface area contributed by atoms with Gasteiger partial charge in [-0.1, -0.05) is 73.5 Å². The van der Waals surface area contributed by atoms with Gasteiger partial charge in [0.25, 0.3) is 10.2 Å². The molecule has 4 rings (SSSR count). The zero-order valence-corrected chi connectivity index (χ0v) is 28.0. The van der Waals surface area contributed by atoms with E-state index in [1.165, 1.54) is 6.92 Å². The van der Waals surface area contributed by atoms with E-state index in [0.717, 1.165) is 35.1 Å². The number of nitrogens with one attached hydrogen (secondary N) is 1. The van der Waals surface area contributed by atoms with Crippen molar-refractivity contribution < 1.29 is 38.9 Å². The predicted molar refractivity (Wildman–Crippen MR) is 175 cm³/mol. The van der Waals surface area contributed by atoms with Crippen LogP contribution in [0.5, 0.6) is 0 Å². The Bertz CT molecular complexity index is 1750. The van der Waals surface area contributed by atoms with Crippen molar-refractivity contribution in [1.29, 1.82) is 0 Å². The fraction of sp³-hybridized carbons (Fsp3) is 0.419. The van der Waals surface area contributed by atoms with Crippen LogP contribution in [0.25, 0.3) is 22.5 Å². The number of esters is 2. The lowest BCUT2D eigenvalue weighted by atomic mass is 9.98. The minimum atomic E-state index is -1.29. The number of rotatable bonds is 20. The summed E-state index contributed by atoms with van der Waals surface area (Å²) in [7, 11) is 0. The van der Waals surface area contributed by atoms with Crippen molar-refractivity contribution in [3.05, 3.63) is 91.0 Å². The Kier molecular flexibility index (Phi) is 13.5. The molecule has 2 aromatic carbocycles. The zero-order chi connectivity index (χ0) is 36.0. The van der Waals surface area contributed by atoms with E-state index in [4.69, 9.17) is 21.1 Å². The van der Waals surface area contributed by atoms with E-state index in [-0.39, 0.29) is 43.3 Å². The summed E-state index contributed by atoms with van der Waals surface area (Å²) in [6.45, 7) is 2.92. The largest absolute Gasteiger partial charge is 0.463 e. The number of tetrazole rings is 1. The van der Waals surface area contributed by atoms with Crippen molar-refractivity contribution in [3.63, 3.8) is 0 Å². The monoisotopic (exact) mass is 714 g/mol. The van der Waals surface area contributed by atoms with Gasteiger partial charge >= 0.3 is 11.9 Å². The number of carbonyl (C=O) groups excluding carboxylic acids is 2. The number of aryl methyl sites for hydroxylation is 1. The third-order valence-corrected chi connectivity index (χ3v) is 7.73. The number of benzene rings is 2. The maximum atomic E-state index is 13.4. The van der Waals surface area contributed by atoms with Gasteiger partial charge in [-0.2, -0.15) is 0 Å².